The minimum atomic E-state index is -0.220. The summed E-state index contributed by atoms with van der Waals surface area (Å²) in [5.74, 6) is -0.173. The highest BCUT2D eigenvalue weighted by atomic mass is 19.1. The number of hydrogen-bond acceptors (Lipinski definition) is 2. The van der Waals surface area contributed by atoms with Crippen LogP contribution in [0.3, 0.4) is 0 Å². The van der Waals surface area contributed by atoms with E-state index in [-0.39, 0.29) is 23.7 Å². The van der Waals surface area contributed by atoms with Crippen LogP contribution in [0, 0.1) is 11.7 Å². The molecule has 0 radical (unpaired) electrons. The Morgan fingerprint density at radius 2 is 1.53 bits per heavy atom. The van der Waals surface area contributed by atoms with Crippen LogP contribution in [0.2, 0.25) is 0 Å². The molecule has 3 aromatic carbocycles. The quantitative estimate of drug-likeness (QED) is 0.633. The molecule has 1 fully saturated rings. The summed E-state index contributed by atoms with van der Waals surface area (Å²) in [6, 6.07) is 26.7. The fourth-order valence-electron chi connectivity index (χ4n) is 4.17. The van der Waals surface area contributed by atoms with Gasteiger partial charge in [0.15, 0.2) is 0 Å². The molecule has 4 heteroatoms. The third-order valence-electron chi connectivity index (χ3n) is 5.75. The van der Waals surface area contributed by atoms with Crippen molar-refractivity contribution in [3.63, 3.8) is 0 Å². The van der Waals surface area contributed by atoms with Crippen LogP contribution >= 0.6 is 0 Å². The lowest BCUT2D eigenvalue weighted by Gasteiger charge is -2.33. The van der Waals surface area contributed by atoms with E-state index < -0.39 is 0 Å². The number of piperidine rings is 1. The second-order valence-electron chi connectivity index (χ2n) is 7.96. The van der Waals surface area contributed by atoms with Crippen LogP contribution in [0.1, 0.15) is 35.6 Å². The first-order valence-corrected chi connectivity index (χ1v) is 10.6. The lowest BCUT2D eigenvalue weighted by Crippen LogP contribution is -2.43. The van der Waals surface area contributed by atoms with E-state index in [1.54, 1.807) is 0 Å². The second-order valence-corrected chi connectivity index (χ2v) is 7.96. The number of benzene rings is 3. The highest BCUT2D eigenvalue weighted by Gasteiger charge is 2.28. The number of halogens is 1. The van der Waals surface area contributed by atoms with Gasteiger partial charge in [-0.1, -0.05) is 72.8 Å². The summed E-state index contributed by atoms with van der Waals surface area (Å²) in [6.07, 6.45) is 1.88. The van der Waals surface area contributed by atoms with Crippen LogP contribution in [0.15, 0.2) is 84.9 Å². The number of carbonyl (C=O) groups is 1. The Morgan fingerprint density at radius 1 is 0.933 bits per heavy atom. The average molecular weight is 403 g/mol. The molecule has 0 bridgehead atoms. The van der Waals surface area contributed by atoms with Gasteiger partial charge in [-0.15, -0.1) is 0 Å². The number of amides is 1. The summed E-state index contributed by atoms with van der Waals surface area (Å²) in [5, 5.41) is 3.30. The van der Waals surface area contributed by atoms with Crippen LogP contribution in [0.25, 0.3) is 0 Å². The first kappa shape index (κ1) is 20.3. The molecular weight excluding hydrogens is 375 g/mol. The fraction of sp³-hybridized carbons (Fsp3) is 0.269. The topological polar surface area (TPSA) is 32.3 Å². The Morgan fingerprint density at radius 3 is 2.13 bits per heavy atom. The third kappa shape index (κ3) is 5.14. The fourth-order valence-corrected chi connectivity index (χ4v) is 4.17. The zero-order chi connectivity index (χ0) is 20.8. The Kier molecular flexibility index (Phi) is 6.55. The van der Waals surface area contributed by atoms with Crippen molar-refractivity contribution >= 4 is 5.91 Å². The van der Waals surface area contributed by atoms with E-state index >= 15 is 0 Å². The minimum Gasteiger partial charge on any atom is -0.345 e. The standard InChI is InChI=1S/C26H27FN2O/c27-24-15-13-20(14-16-24)18-29-17-7-12-23(19-29)26(30)28-25(21-8-3-1-4-9-21)22-10-5-2-6-11-22/h1-6,8-11,13-16,23,25H,7,12,17-19H2,(H,28,30)/t23-/m1/s1. The molecule has 1 N–H and O–H groups in total. The summed E-state index contributed by atoms with van der Waals surface area (Å²) < 4.78 is 13.2. The van der Waals surface area contributed by atoms with Crippen molar-refractivity contribution < 1.29 is 9.18 Å². The second kappa shape index (κ2) is 9.68. The molecule has 154 valence electrons. The Hall–Kier alpha value is -2.98. The van der Waals surface area contributed by atoms with Gasteiger partial charge in [0.25, 0.3) is 0 Å². The molecule has 1 aliphatic heterocycles. The van der Waals surface area contributed by atoms with Crippen LogP contribution in [-0.2, 0) is 11.3 Å². The minimum absolute atomic E-state index is 0.0471. The zero-order valence-corrected chi connectivity index (χ0v) is 17.0. The summed E-state index contributed by atoms with van der Waals surface area (Å²) in [4.78, 5) is 15.5. The maximum Gasteiger partial charge on any atom is 0.225 e. The molecular formula is C26H27FN2O. The molecule has 1 aliphatic rings. The molecule has 1 amide bonds. The number of rotatable bonds is 6. The molecule has 0 aromatic heterocycles. The van der Waals surface area contributed by atoms with Crippen molar-refractivity contribution in [2.75, 3.05) is 13.1 Å². The number of nitrogens with one attached hydrogen (secondary N) is 1. The van der Waals surface area contributed by atoms with E-state index in [1.165, 1.54) is 12.1 Å². The molecule has 0 unspecified atom stereocenters. The van der Waals surface area contributed by atoms with Crippen molar-refractivity contribution in [1.29, 1.82) is 0 Å². The maximum absolute atomic E-state index is 13.2. The number of likely N-dealkylation sites (tertiary alicyclic amines) is 1. The van der Waals surface area contributed by atoms with Gasteiger partial charge < -0.3 is 5.32 Å². The van der Waals surface area contributed by atoms with Crippen molar-refractivity contribution in [2.24, 2.45) is 5.92 Å². The van der Waals surface area contributed by atoms with Gasteiger partial charge in [0.2, 0.25) is 5.91 Å². The third-order valence-corrected chi connectivity index (χ3v) is 5.75. The van der Waals surface area contributed by atoms with Gasteiger partial charge in [-0.05, 0) is 48.2 Å². The molecule has 3 aromatic rings. The lowest BCUT2D eigenvalue weighted by molar-refractivity contribution is -0.127. The summed E-state index contributed by atoms with van der Waals surface area (Å²) in [5.41, 5.74) is 3.23. The summed E-state index contributed by atoms with van der Waals surface area (Å²) in [7, 11) is 0. The Bertz CT molecular complexity index is 904. The summed E-state index contributed by atoms with van der Waals surface area (Å²) >= 11 is 0. The number of carbonyl (C=O) groups excluding carboxylic acids is 1. The van der Waals surface area contributed by atoms with Crippen molar-refractivity contribution in [1.82, 2.24) is 10.2 Å². The molecule has 1 saturated heterocycles. The van der Waals surface area contributed by atoms with Crippen molar-refractivity contribution in [3.05, 3.63) is 107 Å². The van der Waals surface area contributed by atoms with E-state index in [0.29, 0.717) is 0 Å². The molecule has 0 saturated carbocycles. The molecule has 1 heterocycles. The highest BCUT2D eigenvalue weighted by molar-refractivity contribution is 5.80. The predicted octanol–water partition coefficient (Wildman–Crippen LogP) is 4.94. The van der Waals surface area contributed by atoms with Crippen molar-refractivity contribution in [2.45, 2.75) is 25.4 Å². The molecule has 0 spiro atoms. The van der Waals surface area contributed by atoms with Crippen molar-refractivity contribution in [3.8, 4) is 0 Å². The molecule has 1 atom stereocenters. The van der Waals surface area contributed by atoms with Gasteiger partial charge in [-0.2, -0.15) is 0 Å². The zero-order valence-electron chi connectivity index (χ0n) is 17.0. The number of hydrogen-bond donors (Lipinski definition) is 1. The van der Waals surface area contributed by atoms with Crippen LogP contribution in [-0.4, -0.2) is 23.9 Å². The highest BCUT2D eigenvalue weighted by Crippen LogP contribution is 2.25. The van der Waals surface area contributed by atoms with Gasteiger partial charge >= 0.3 is 0 Å². The van der Waals surface area contributed by atoms with Crippen LogP contribution in [0.5, 0.6) is 0 Å². The molecule has 30 heavy (non-hydrogen) atoms. The SMILES string of the molecule is O=C(NC(c1ccccc1)c1ccccc1)[C@@H]1CCCN(Cc2ccc(F)cc2)C1. The van der Waals surface area contributed by atoms with Gasteiger partial charge in [-0.25, -0.2) is 4.39 Å². The molecule has 4 rings (SSSR count). The predicted molar refractivity (Wildman–Crippen MR) is 117 cm³/mol. The van der Waals surface area contributed by atoms with Crippen LogP contribution < -0.4 is 5.32 Å². The van der Waals surface area contributed by atoms with E-state index in [0.717, 1.165) is 49.2 Å². The van der Waals surface area contributed by atoms with E-state index in [1.807, 2.05) is 48.5 Å². The summed E-state index contributed by atoms with van der Waals surface area (Å²) in [6.45, 7) is 2.42. The first-order chi connectivity index (χ1) is 14.7. The Labute approximate surface area is 177 Å². The molecule has 3 nitrogen and oxygen atoms in total. The normalized spacial score (nSPS) is 17.1. The van der Waals surface area contributed by atoms with Gasteiger partial charge in [0, 0.05) is 13.1 Å². The smallest absolute Gasteiger partial charge is 0.225 e. The average Bonchev–Trinajstić information content (AvgIpc) is 2.80. The van der Waals surface area contributed by atoms with E-state index in [2.05, 4.69) is 34.5 Å². The Balaban J connectivity index is 1.45. The van der Waals surface area contributed by atoms with Gasteiger partial charge in [0.1, 0.15) is 5.82 Å². The van der Waals surface area contributed by atoms with Crippen LogP contribution in [0.4, 0.5) is 4.39 Å². The maximum atomic E-state index is 13.2. The molecule has 0 aliphatic carbocycles. The lowest BCUT2D eigenvalue weighted by atomic mass is 9.94. The monoisotopic (exact) mass is 402 g/mol. The van der Waals surface area contributed by atoms with E-state index in [4.69, 9.17) is 0 Å². The largest absolute Gasteiger partial charge is 0.345 e. The number of nitrogens with zero attached hydrogens (tertiary/aromatic N) is 1. The van der Waals surface area contributed by atoms with Gasteiger partial charge in [0.05, 0.1) is 12.0 Å². The van der Waals surface area contributed by atoms with E-state index in [9.17, 15) is 9.18 Å². The van der Waals surface area contributed by atoms with Gasteiger partial charge in [-0.3, -0.25) is 9.69 Å². The first-order valence-electron chi connectivity index (χ1n) is 10.6.